The van der Waals surface area contributed by atoms with Crippen LogP contribution in [0.4, 0.5) is 18.9 Å². The van der Waals surface area contributed by atoms with Gasteiger partial charge in [-0.15, -0.1) is 0 Å². The maximum Gasteiger partial charge on any atom is 0.418 e. The number of hydrogen-bond donors (Lipinski definition) is 1. The van der Waals surface area contributed by atoms with Crippen molar-refractivity contribution < 1.29 is 22.7 Å². The number of anilines is 1. The van der Waals surface area contributed by atoms with Crippen LogP contribution in [0.25, 0.3) is 0 Å². The van der Waals surface area contributed by atoms with Crippen LogP contribution in [0.3, 0.4) is 0 Å². The number of fused-ring (bicyclic) bond motifs is 1. The maximum atomic E-state index is 13.5. The standard InChI is InChI=1S/C21H20F3N3O2/c1-13-10-17-18(7-4-15(12-25)20(17)21(22,23)24)27(13)8-9-29-16-5-2-14(3-6-16)11-19(26)28/h2-7,13H,8-11H2,1H3,(H2,26,28). The Hall–Kier alpha value is -3.21. The largest absolute Gasteiger partial charge is 0.492 e. The second-order valence-electron chi connectivity index (χ2n) is 6.98. The minimum atomic E-state index is -4.57. The highest BCUT2D eigenvalue weighted by atomic mass is 19.4. The molecule has 1 unspecified atom stereocenters. The number of amides is 1. The second kappa shape index (κ2) is 8.03. The van der Waals surface area contributed by atoms with Crippen molar-refractivity contribution >= 4 is 11.6 Å². The first kappa shape index (κ1) is 20.5. The number of hydrogen-bond acceptors (Lipinski definition) is 4. The molecule has 152 valence electrons. The molecule has 1 amide bonds. The van der Waals surface area contributed by atoms with E-state index in [9.17, 15) is 18.0 Å². The van der Waals surface area contributed by atoms with Crippen LogP contribution in [0.2, 0.25) is 0 Å². The monoisotopic (exact) mass is 403 g/mol. The Morgan fingerprint density at radius 2 is 1.97 bits per heavy atom. The third-order valence-corrected chi connectivity index (χ3v) is 4.94. The average molecular weight is 403 g/mol. The summed E-state index contributed by atoms with van der Waals surface area (Å²) in [6.45, 7) is 2.53. The molecular formula is C21H20F3N3O2. The van der Waals surface area contributed by atoms with Crippen LogP contribution in [-0.4, -0.2) is 25.1 Å². The Bertz CT molecular complexity index is 949. The highest BCUT2D eigenvalue weighted by Crippen LogP contribution is 2.43. The number of ether oxygens (including phenoxy) is 1. The molecule has 0 bridgehead atoms. The van der Waals surface area contributed by atoms with Gasteiger partial charge in [0.1, 0.15) is 12.4 Å². The van der Waals surface area contributed by atoms with Gasteiger partial charge in [-0.3, -0.25) is 4.79 Å². The first-order chi connectivity index (χ1) is 13.7. The van der Waals surface area contributed by atoms with Gasteiger partial charge in [-0.2, -0.15) is 18.4 Å². The number of halogens is 3. The molecule has 2 aromatic carbocycles. The SMILES string of the molecule is CC1Cc2c(ccc(C#N)c2C(F)(F)F)N1CCOc1ccc(CC(N)=O)cc1. The zero-order valence-corrected chi connectivity index (χ0v) is 15.8. The van der Waals surface area contributed by atoms with Gasteiger partial charge in [0.05, 0.1) is 30.2 Å². The van der Waals surface area contributed by atoms with E-state index in [1.807, 2.05) is 11.8 Å². The topological polar surface area (TPSA) is 79.3 Å². The number of alkyl halides is 3. The van der Waals surface area contributed by atoms with Crippen molar-refractivity contribution in [1.29, 1.82) is 5.26 Å². The third-order valence-electron chi connectivity index (χ3n) is 4.94. The summed E-state index contributed by atoms with van der Waals surface area (Å²) in [6, 6.07) is 11.2. The van der Waals surface area contributed by atoms with Crippen LogP contribution in [-0.2, 0) is 23.8 Å². The van der Waals surface area contributed by atoms with E-state index in [2.05, 4.69) is 0 Å². The molecule has 0 saturated heterocycles. The van der Waals surface area contributed by atoms with Gasteiger partial charge >= 0.3 is 6.18 Å². The molecule has 3 rings (SSSR count). The molecule has 1 atom stereocenters. The Balaban J connectivity index is 1.71. The number of benzene rings is 2. The fraction of sp³-hybridized carbons (Fsp3) is 0.333. The molecule has 0 aliphatic carbocycles. The van der Waals surface area contributed by atoms with E-state index in [-0.39, 0.29) is 36.6 Å². The van der Waals surface area contributed by atoms with Gasteiger partial charge in [0.25, 0.3) is 0 Å². The molecule has 0 aromatic heterocycles. The molecule has 1 aliphatic rings. The molecule has 2 aromatic rings. The summed E-state index contributed by atoms with van der Waals surface area (Å²) in [6.07, 6.45) is -4.20. The lowest BCUT2D eigenvalue weighted by atomic mass is 9.98. The summed E-state index contributed by atoms with van der Waals surface area (Å²) in [5, 5.41) is 9.07. The number of rotatable bonds is 6. The molecule has 0 spiro atoms. The number of primary amides is 1. The summed E-state index contributed by atoms with van der Waals surface area (Å²) in [7, 11) is 0. The molecule has 0 fully saturated rings. The predicted octanol–water partition coefficient (Wildman–Crippen LogP) is 3.43. The van der Waals surface area contributed by atoms with Crippen LogP contribution in [0, 0.1) is 11.3 Å². The van der Waals surface area contributed by atoms with Crippen LogP contribution < -0.4 is 15.4 Å². The molecule has 5 nitrogen and oxygen atoms in total. The molecule has 2 N–H and O–H groups in total. The summed E-state index contributed by atoms with van der Waals surface area (Å²) in [5.74, 6) is 0.180. The normalized spacial score (nSPS) is 15.7. The fourth-order valence-electron chi connectivity index (χ4n) is 3.68. The molecule has 0 saturated carbocycles. The van der Waals surface area contributed by atoms with Crippen molar-refractivity contribution in [3.8, 4) is 11.8 Å². The molecule has 29 heavy (non-hydrogen) atoms. The van der Waals surface area contributed by atoms with Crippen molar-refractivity contribution in [3.05, 3.63) is 58.7 Å². The smallest absolute Gasteiger partial charge is 0.418 e. The lowest BCUT2D eigenvalue weighted by Crippen LogP contribution is -2.33. The fourth-order valence-corrected chi connectivity index (χ4v) is 3.68. The van der Waals surface area contributed by atoms with E-state index in [0.717, 1.165) is 5.56 Å². The summed E-state index contributed by atoms with van der Waals surface area (Å²) in [5.41, 5.74) is 5.41. The van der Waals surface area contributed by atoms with Gasteiger partial charge in [-0.25, -0.2) is 0 Å². The van der Waals surface area contributed by atoms with Gasteiger partial charge in [0.2, 0.25) is 5.91 Å². The Kier molecular flexibility index (Phi) is 5.69. The minimum Gasteiger partial charge on any atom is -0.492 e. The van der Waals surface area contributed by atoms with Crippen molar-refractivity contribution in [1.82, 2.24) is 0 Å². The number of nitrogens with two attached hydrogens (primary N) is 1. The molecular weight excluding hydrogens is 383 g/mol. The molecule has 1 heterocycles. The van der Waals surface area contributed by atoms with E-state index in [0.29, 0.717) is 18.0 Å². The first-order valence-electron chi connectivity index (χ1n) is 9.10. The zero-order chi connectivity index (χ0) is 21.2. The van der Waals surface area contributed by atoms with Crippen molar-refractivity contribution in [2.75, 3.05) is 18.1 Å². The highest BCUT2D eigenvalue weighted by Gasteiger charge is 2.41. The van der Waals surface area contributed by atoms with Gasteiger partial charge in [0.15, 0.2) is 0 Å². The Morgan fingerprint density at radius 1 is 1.28 bits per heavy atom. The predicted molar refractivity (Wildman–Crippen MR) is 102 cm³/mol. The second-order valence-corrected chi connectivity index (χ2v) is 6.98. The Labute approximate surface area is 166 Å². The number of nitrogens with zero attached hydrogens (tertiary/aromatic N) is 2. The summed E-state index contributed by atoms with van der Waals surface area (Å²) >= 11 is 0. The average Bonchev–Trinajstić information content (AvgIpc) is 2.96. The van der Waals surface area contributed by atoms with Crippen LogP contribution >= 0.6 is 0 Å². The van der Waals surface area contributed by atoms with Crippen LogP contribution in [0.1, 0.15) is 29.2 Å². The van der Waals surface area contributed by atoms with E-state index in [1.54, 1.807) is 36.4 Å². The zero-order valence-electron chi connectivity index (χ0n) is 15.8. The summed E-state index contributed by atoms with van der Waals surface area (Å²) < 4.78 is 46.2. The summed E-state index contributed by atoms with van der Waals surface area (Å²) in [4.78, 5) is 12.8. The number of nitriles is 1. The maximum absolute atomic E-state index is 13.5. The quantitative estimate of drug-likeness (QED) is 0.802. The first-order valence-corrected chi connectivity index (χ1v) is 9.10. The molecule has 0 radical (unpaired) electrons. The van der Waals surface area contributed by atoms with Gasteiger partial charge in [-0.05, 0) is 48.7 Å². The van der Waals surface area contributed by atoms with Gasteiger partial charge in [0, 0.05) is 11.7 Å². The highest BCUT2D eigenvalue weighted by molar-refractivity contribution is 5.76. The Morgan fingerprint density at radius 3 is 2.55 bits per heavy atom. The number of carbonyl (C=O) groups is 1. The lowest BCUT2D eigenvalue weighted by molar-refractivity contribution is -0.138. The van der Waals surface area contributed by atoms with Crippen LogP contribution in [0.5, 0.6) is 5.75 Å². The van der Waals surface area contributed by atoms with Gasteiger partial charge in [-0.1, -0.05) is 12.1 Å². The van der Waals surface area contributed by atoms with E-state index in [4.69, 9.17) is 15.7 Å². The lowest BCUT2D eigenvalue weighted by Gasteiger charge is -2.25. The number of carbonyl (C=O) groups excluding carboxylic acids is 1. The van der Waals surface area contributed by atoms with E-state index in [1.165, 1.54) is 6.07 Å². The molecule has 1 aliphatic heterocycles. The van der Waals surface area contributed by atoms with Crippen molar-refractivity contribution in [2.24, 2.45) is 5.73 Å². The van der Waals surface area contributed by atoms with E-state index < -0.39 is 17.6 Å². The van der Waals surface area contributed by atoms with E-state index >= 15 is 0 Å². The molecule has 8 heteroatoms. The minimum absolute atomic E-state index is 0.137. The van der Waals surface area contributed by atoms with Crippen molar-refractivity contribution in [3.63, 3.8) is 0 Å². The third kappa shape index (κ3) is 4.45. The van der Waals surface area contributed by atoms with Gasteiger partial charge < -0.3 is 15.4 Å². The van der Waals surface area contributed by atoms with Crippen LogP contribution in [0.15, 0.2) is 36.4 Å². The van der Waals surface area contributed by atoms with Crippen molar-refractivity contribution in [2.45, 2.75) is 32.0 Å².